The molecule has 2 saturated carbocycles. The second kappa shape index (κ2) is 7.94. The van der Waals surface area contributed by atoms with Gasteiger partial charge >= 0.3 is 0 Å². The average Bonchev–Trinajstić information content (AvgIpc) is 2.48. The summed E-state index contributed by atoms with van der Waals surface area (Å²) in [7, 11) is 0. The van der Waals surface area contributed by atoms with Gasteiger partial charge in [0.05, 0.1) is 11.6 Å². The molecule has 2 aliphatic rings. The minimum atomic E-state index is -0.0312. The molecule has 5 unspecified atom stereocenters. The molecule has 0 amide bonds. The van der Waals surface area contributed by atoms with Crippen molar-refractivity contribution in [3.63, 3.8) is 0 Å². The van der Waals surface area contributed by atoms with Crippen LogP contribution in [0.5, 0.6) is 0 Å². The SMILES string of the molecule is CCOC1(C(NN)C2CCCCC2CC)CCCC(C)C1. The fourth-order valence-electron chi connectivity index (χ4n) is 5.18. The van der Waals surface area contributed by atoms with E-state index in [4.69, 9.17) is 10.6 Å². The maximum atomic E-state index is 6.40. The number of nitrogens with two attached hydrogens (primary N) is 1. The molecule has 3 N–H and O–H groups in total. The fraction of sp³-hybridized carbons (Fsp3) is 1.00. The zero-order valence-electron chi connectivity index (χ0n) is 14.4. The summed E-state index contributed by atoms with van der Waals surface area (Å²) in [6.45, 7) is 7.65. The van der Waals surface area contributed by atoms with Crippen molar-refractivity contribution in [3.05, 3.63) is 0 Å². The summed E-state index contributed by atoms with van der Waals surface area (Å²) < 4.78 is 6.40. The highest BCUT2D eigenvalue weighted by molar-refractivity contribution is 5.01. The van der Waals surface area contributed by atoms with E-state index in [-0.39, 0.29) is 5.60 Å². The summed E-state index contributed by atoms with van der Waals surface area (Å²) in [5.41, 5.74) is 3.20. The maximum absolute atomic E-state index is 6.40. The van der Waals surface area contributed by atoms with Crippen molar-refractivity contribution in [2.75, 3.05) is 6.61 Å². The minimum absolute atomic E-state index is 0.0312. The molecule has 3 heteroatoms. The molecule has 0 spiro atoms. The molecule has 0 heterocycles. The van der Waals surface area contributed by atoms with Crippen molar-refractivity contribution in [2.45, 2.75) is 90.2 Å². The molecule has 0 aromatic rings. The van der Waals surface area contributed by atoms with E-state index in [0.29, 0.717) is 12.0 Å². The highest BCUT2D eigenvalue weighted by Crippen LogP contribution is 2.44. The van der Waals surface area contributed by atoms with Gasteiger partial charge in [0.2, 0.25) is 0 Å². The van der Waals surface area contributed by atoms with Crippen LogP contribution in [-0.4, -0.2) is 18.2 Å². The molecule has 2 aliphatic carbocycles. The Morgan fingerprint density at radius 1 is 1.19 bits per heavy atom. The van der Waals surface area contributed by atoms with E-state index in [0.717, 1.165) is 18.4 Å². The lowest BCUT2D eigenvalue weighted by molar-refractivity contribution is -0.121. The Labute approximate surface area is 131 Å². The third-order valence-electron chi connectivity index (χ3n) is 6.09. The first-order chi connectivity index (χ1) is 10.2. The van der Waals surface area contributed by atoms with E-state index in [1.165, 1.54) is 57.8 Å². The van der Waals surface area contributed by atoms with Crippen LogP contribution in [0.4, 0.5) is 0 Å². The largest absolute Gasteiger partial charge is 0.374 e. The summed E-state index contributed by atoms with van der Waals surface area (Å²) in [6.07, 6.45) is 11.7. The summed E-state index contributed by atoms with van der Waals surface area (Å²) in [4.78, 5) is 0. The average molecular weight is 296 g/mol. The number of hydrogen-bond donors (Lipinski definition) is 2. The zero-order valence-corrected chi connectivity index (χ0v) is 14.4. The molecule has 0 aromatic carbocycles. The number of hydrazine groups is 1. The summed E-state index contributed by atoms with van der Waals surface area (Å²) >= 11 is 0. The quantitative estimate of drug-likeness (QED) is 0.575. The Bertz CT molecular complexity index is 306. The van der Waals surface area contributed by atoms with Crippen molar-refractivity contribution in [1.29, 1.82) is 0 Å². The van der Waals surface area contributed by atoms with Gasteiger partial charge in [-0.2, -0.15) is 0 Å². The Balaban J connectivity index is 2.21. The maximum Gasteiger partial charge on any atom is 0.0853 e. The fourth-order valence-corrected chi connectivity index (χ4v) is 5.18. The molecule has 21 heavy (non-hydrogen) atoms. The summed E-state index contributed by atoms with van der Waals surface area (Å²) in [6, 6.07) is 0.324. The molecular formula is C18H36N2O. The lowest BCUT2D eigenvalue weighted by Gasteiger charge is -2.50. The molecule has 0 saturated heterocycles. The van der Waals surface area contributed by atoms with Crippen LogP contribution in [0.2, 0.25) is 0 Å². The summed E-state index contributed by atoms with van der Waals surface area (Å²) in [5, 5.41) is 0. The summed E-state index contributed by atoms with van der Waals surface area (Å²) in [5.74, 6) is 8.34. The molecule has 0 aliphatic heterocycles. The molecule has 0 bridgehead atoms. The van der Waals surface area contributed by atoms with Gasteiger partial charge in [-0.25, -0.2) is 0 Å². The van der Waals surface area contributed by atoms with Crippen LogP contribution in [0.1, 0.15) is 78.6 Å². The molecule has 2 fully saturated rings. The van der Waals surface area contributed by atoms with E-state index in [9.17, 15) is 0 Å². The Kier molecular flexibility index (Phi) is 6.51. The van der Waals surface area contributed by atoms with E-state index in [1.807, 2.05) is 0 Å². The van der Waals surface area contributed by atoms with Crippen LogP contribution in [-0.2, 0) is 4.74 Å². The second-order valence-corrected chi connectivity index (χ2v) is 7.46. The molecule has 5 atom stereocenters. The first-order valence-corrected chi connectivity index (χ1v) is 9.27. The highest BCUT2D eigenvalue weighted by Gasteiger charge is 2.47. The molecule has 3 nitrogen and oxygen atoms in total. The monoisotopic (exact) mass is 296 g/mol. The van der Waals surface area contributed by atoms with Gasteiger partial charge < -0.3 is 4.74 Å². The van der Waals surface area contributed by atoms with Crippen molar-refractivity contribution >= 4 is 0 Å². The van der Waals surface area contributed by atoms with E-state index < -0.39 is 0 Å². The topological polar surface area (TPSA) is 47.3 Å². The van der Waals surface area contributed by atoms with Crippen LogP contribution < -0.4 is 11.3 Å². The molecule has 0 aromatic heterocycles. The predicted molar refractivity (Wildman–Crippen MR) is 88.8 cm³/mol. The highest BCUT2D eigenvalue weighted by atomic mass is 16.5. The Hall–Kier alpha value is -0.120. The molecule has 124 valence electrons. The smallest absolute Gasteiger partial charge is 0.0853 e. The molecule has 2 rings (SSSR count). The first-order valence-electron chi connectivity index (χ1n) is 9.27. The van der Waals surface area contributed by atoms with Crippen LogP contribution >= 0.6 is 0 Å². The van der Waals surface area contributed by atoms with Crippen LogP contribution in [0.15, 0.2) is 0 Å². The second-order valence-electron chi connectivity index (χ2n) is 7.46. The van der Waals surface area contributed by atoms with Crippen molar-refractivity contribution in [3.8, 4) is 0 Å². The Morgan fingerprint density at radius 2 is 1.95 bits per heavy atom. The predicted octanol–water partition coefficient (Wildman–Crippen LogP) is 4.02. The third kappa shape index (κ3) is 3.80. The Morgan fingerprint density at radius 3 is 2.57 bits per heavy atom. The van der Waals surface area contributed by atoms with E-state index in [2.05, 4.69) is 26.2 Å². The van der Waals surface area contributed by atoms with Crippen LogP contribution in [0.25, 0.3) is 0 Å². The third-order valence-corrected chi connectivity index (χ3v) is 6.09. The van der Waals surface area contributed by atoms with Crippen molar-refractivity contribution in [2.24, 2.45) is 23.6 Å². The van der Waals surface area contributed by atoms with Gasteiger partial charge in [-0.3, -0.25) is 11.3 Å². The van der Waals surface area contributed by atoms with Gasteiger partial charge in [0.15, 0.2) is 0 Å². The lowest BCUT2D eigenvalue weighted by atomic mass is 9.65. The number of nitrogens with one attached hydrogen (secondary N) is 1. The first kappa shape index (κ1) is 17.2. The number of rotatable bonds is 6. The van der Waals surface area contributed by atoms with E-state index >= 15 is 0 Å². The number of ether oxygens (including phenoxy) is 1. The van der Waals surface area contributed by atoms with Crippen LogP contribution in [0, 0.1) is 17.8 Å². The van der Waals surface area contributed by atoms with Gasteiger partial charge in [-0.1, -0.05) is 52.4 Å². The van der Waals surface area contributed by atoms with Crippen LogP contribution in [0.3, 0.4) is 0 Å². The minimum Gasteiger partial charge on any atom is -0.374 e. The van der Waals surface area contributed by atoms with E-state index in [1.54, 1.807) is 0 Å². The van der Waals surface area contributed by atoms with Crippen molar-refractivity contribution in [1.82, 2.24) is 5.43 Å². The van der Waals surface area contributed by atoms with Gasteiger partial charge in [-0.05, 0) is 43.9 Å². The van der Waals surface area contributed by atoms with Gasteiger partial charge in [0.1, 0.15) is 0 Å². The standard InChI is InChI=1S/C18H36N2O/c1-4-15-10-6-7-11-16(15)17(20-19)18(21-5-2)12-8-9-14(3)13-18/h14-17,20H,4-13,19H2,1-3H3. The van der Waals surface area contributed by atoms with Gasteiger partial charge in [-0.15, -0.1) is 0 Å². The van der Waals surface area contributed by atoms with Crippen molar-refractivity contribution < 1.29 is 4.74 Å². The lowest BCUT2D eigenvalue weighted by Crippen LogP contribution is -2.61. The van der Waals surface area contributed by atoms with Gasteiger partial charge in [0.25, 0.3) is 0 Å². The zero-order chi connectivity index (χ0) is 15.3. The normalized spacial score (nSPS) is 39.1. The molecular weight excluding hydrogens is 260 g/mol. The van der Waals surface area contributed by atoms with Gasteiger partial charge in [0, 0.05) is 6.61 Å². The molecule has 0 radical (unpaired) electrons. The number of hydrogen-bond acceptors (Lipinski definition) is 3.